The van der Waals surface area contributed by atoms with Crippen LogP contribution in [-0.4, -0.2) is 26.3 Å². The van der Waals surface area contributed by atoms with Crippen molar-refractivity contribution in [2.45, 2.75) is 13.3 Å². The van der Waals surface area contributed by atoms with E-state index in [0.717, 1.165) is 22.5 Å². The van der Waals surface area contributed by atoms with Crippen molar-refractivity contribution in [3.8, 4) is 34.6 Å². The van der Waals surface area contributed by atoms with Gasteiger partial charge in [0.1, 0.15) is 17.2 Å². The molecule has 0 amide bonds. The molecule has 0 aliphatic rings. The van der Waals surface area contributed by atoms with Gasteiger partial charge >= 0.3 is 0 Å². The van der Waals surface area contributed by atoms with Gasteiger partial charge in [0.25, 0.3) is 0 Å². The minimum atomic E-state index is 0.343. The summed E-state index contributed by atoms with van der Waals surface area (Å²) in [7, 11) is 4.77. The van der Waals surface area contributed by atoms with Gasteiger partial charge in [-0.15, -0.1) is 0 Å². The van der Waals surface area contributed by atoms with Gasteiger partial charge in [0.05, 0.1) is 45.1 Å². The van der Waals surface area contributed by atoms with Gasteiger partial charge in [0, 0.05) is 17.8 Å². The third kappa shape index (κ3) is 2.96. The van der Waals surface area contributed by atoms with Crippen LogP contribution in [0.15, 0.2) is 24.3 Å². The van der Waals surface area contributed by atoms with Crippen molar-refractivity contribution in [1.29, 1.82) is 5.26 Å². The molecule has 0 unspecified atom stereocenters. The first-order chi connectivity index (χ1) is 10.6. The summed E-state index contributed by atoms with van der Waals surface area (Å²) in [6.45, 7) is 1.89. The molecule has 5 nitrogen and oxygen atoms in total. The molecule has 1 aromatic heterocycles. The predicted molar refractivity (Wildman–Crippen MR) is 83.4 cm³/mol. The molecule has 0 saturated heterocycles. The first-order valence-electron chi connectivity index (χ1n) is 6.78. The van der Waals surface area contributed by atoms with E-state index in [1.807, 2.05) is 19.1 Å². The number of aromatic nitrogens is 1. The Morgan fingerprint density at radius 3 is 2.14 bits per heavy atom. The Labute approximate surface area is 130 Å². The van der Waals surface area contributed by atoms with E-state index in [-0.39, 0.29) is 0 Å². The lowest BCUT2D eigenvalue weighted by Crippen LogP contribution is -1.99. The predicted octanol–water partition coefficient (Wildman–Crippen LogP) is 3.15. The van der Waals surface area contributed by atoms with Crippen LogP contribution in [0.1, 0.15) is 11.3 Å². The van der Waals surface area contributed by atoms with Crippen LogP contribution in [0, 0.1) is 18.3 Å². The Hall–Kier alpha value is -2.74. The highest BCUT2D eigenvalue weighted by Crippen LogP contribution is 2.41. The highest BCUT2D eigenvalue weighted by Gasteiger charge is 2.17. The van der Waals surface area contributed by atoms with Crippen LogP contribution in [0.3, 0.4) is 0 Å². The Bertz CT molecular complexity index is 695. The zero-order chi connectivity index (χ0) is 16.1. The van der Waals surface area contributed by atoms with Crippen LogP contribution in [0.2, 0.25) is 0 Å². The molecule has 0 atom stereocenters. The highest BCUT2D eigenvalue weighted by atomic mass is 16.5. The smallest absolute Gasteiger partial charge is 0.135 e. The van der Waals surface area contributed by atoms with Gasteiger partial charge in [-0.1, -0.05) is 6.07 Å². The highest BCUT2D eigenvalue weighted by molar-refractivity contribution is 5.76. The van der Waals surface area contributed by atoms with Gasteiger partial charge in [-0.25, -0.2) is 0 Å². The topological polar surface area (TPSA) is 64.4 Å². The van der Waals surface area contributed by atoms with Crippen LogP contribution in [0.4, 0.5) is 0 Å². The van der Waals surface area contributed by atoms with E-state index in [1.54, 1.807) is 33.5 Å². The number of aryl methyl sites for hydroxylation is 1. The number of hydrogen-bond acceptors (Lipinski definition) is 5. The lowest BCUT2D eigenvalue weighted by Gasteiger charge is -2.15. The summed E-state index contributed by atoms with van der Waals surface area (Å²) in [4.78, 5) is 4.58. The van der Waals surface area contributed by atoms with Crippen molar-refractivity contribution in [1.82, 2.24) is 4.98 Å². The number of nitrogens with zero attached hydrogens (tertiary/aromatic N) is 2. The molecule has 0 aliphatic heterocycles. The number of methoxy groups -OCH3 is 3. The molecule has 0 radical (unpaired) electrons. The number of nitriles is 1. The second-order valence-corrected chi connectivity index (χ2v) is 4.68. The lowest BCUT2D eigenvalue weighted by molar-refractivity contribution is 0.377. The molecule has 1 aromatic carbocycles. The quantitative estimate of drug-likeness (QED) is 0.848. The third-order valence-electron chi connectivity index (χ3n) is 3.44. The maximum atomic E-state index is 8.82. The average molecular weight is 298 g/mol. The fourth-order valence-corrected chi connectivity index (χ4v) is 2.26. The van der Waals surface area contributed by atoms with Crippen molar-refractivity contribution in [2.75, 3.05) is 21.3 Å². The fourth-order valence-electron chi connectivity index (χ4n) is 2.26. The van der Waals surface area contributed by atoms with E-state index < -0.39 is 0 Å². The van der Waals surface area contributed by atoms with Crippen LogP contribution >= 0.6 is 0 Å². The maximum Gasteiger partial charge on any atom is 0.135 e. The molecule has 1 heterocycles. The van der Waals surface area contributed by atoms with Gasteiger partial charge in [-0.3, -0.25) is 4.98 Å². The summed E-state index contributed by atoms with van der Waals surface area (Å²) < 4.78 is 16.1. The van der Waals surface area contributed by atoms with E-state index in [4.69, 9.17) is 19.5 Å². The minimum Gasteiger partial charge on any atom is -0.496 e. The fraction of sp³-hybridized carbons (Fsp3) is 0.294. The molecule has 2 aromatic rings. The van der Waals surface area contributed by atoms with E-state index in [2.05, 4.69) is 11.1 Å². The van der Waals surface area contributed by atoms with Crippen LogP contribution < -0.4 is 14.2 Å². The van der Waals surface area contributed by atoms with E-state index in [1.165, 1.54) is 0 Å². The second-order valence-electron chi connectivity index (χ2n) is 4.68. The SMILES string of the molecule is COc1cc(OC)c(-c2ccc(CC#N)c(C)n2)c(OC)c1. The zero-order valence-electron chi connectivity index (χ0n) is 13.1. The first kappa shape index (κ1) is 15.6. The van der Waals surface area contributed by atoms with Crippen LogP contribution in [0.5, 0.6) is 17.2 Å². The average Bonchev–Trinajstić information content (AvgIpc) is 2.55. The summed E-state index contributed by atoms with van der Waals surface area (Å²) in [6.07, 6.45) is 0.343. The number of ether oxygens (including phenoxy) is 3. The van der Waals surface area contributed by atoms with Crippen LogP contribution in [0.25, 0.3) is 11.3 Å². The molecule has 5 heteroatoms. The van der Waals surface area contributed by atoms with Gasteiger partial charge in [0.2, 0.25) is 0 Å². The maximum absolute atomic E-state index is 8.82. The third-order valence-corrected chi connectivity index (χ3v) is 3.44. The molecule has 114 valence electrons. The van der Waals surface area contributed by atoms with Gasteiger partial charge in [-0.05, 0) is 18.6 Å². The summed E-state index contributed by atoms with van der Waals surface area (Å²) in [6, 6.07) is 9.49. The van der Waals surface area contributed by atoms with E-state index in [9.17, 15) is 0 Å². The molecule has 2 rings (SSSR count). The molecular weight excluding hydrogens is 280 g/mol. The number of hydrogen-bond donors (Lipinski definition) is 0. The van der Waals surface area contributed by atoms with Crippen molar-refractivity contribution < 1.29 is 14.2 Å². The molecule has 0 aliphatic carbocycles. The molecule has 0 fully saturated rings. The monoisotopic (exact) mass is 298 g/mol. The Morgan fingerprint density at radius 2 is 1.68 bits per heavy atom. The van der Waals surface area contributed by atoms with Crippen molar-refractivity contribution >= 4 is 0 Å². The van der Waals surface area contributed by atoms with Gasteiger partial charge < -0.3 is 14.2 Å². The zero-order valence-corrected chi connectivity index (χ0v) is 13.1. The van der Waals surface area contributed by atoms with Gasteiger partial charge in [-0.2, -0.15) is 5.26 Å². The molecule has 0 spiro atoms. The summed E-state index contributed by atoms with van der Waals surface area (Å²) in [5.41, 5.74) is 3.23. The summed E-state index contributed by atoms with van der Waals surface area (Å²) in [5, 5.41) is 8.82. The number of benzene rings is 1. The van der Waals surface area contributed by atoms with E-state index in [0.29, 0.717) is 23.7 Å². The number of rotatable bonds is 5. The Kier molecular flexibility index (Phi) is 4.84. The number of pyridine rings is 1. The Balaban J connectivity index is 2.61. The molecule has 0 N–H and O–H groups in total. The van der Waals surface area contributed by atoms with Crippen molar-refractivity contribution in [3.63, 3.8) is 0 Å². The first-order valence-corrected chi connectivity index (χ1v) is 6.78. The molecule has 0 bridgehead atoms. The second kappa shape index (κ2) is 6.81. The van der Waals surface area contributed by atoms with Crippen molar-refractivity contribution in [2.24, 2.45) is 0 Å². The van der Waals surface area contributed by atoms with Crippen molar-refractivity contribution in [3.05, 3.63) is 35.5 Å². The summed E-state index contributed by atoms with van der Waals surface area (Å²) in [5.74, 6) is 1.89. The molecule has 0 saturated carbocycles. The Morgan fingerprint density at radius 1 is 1.05 bits per heavy atom. The van der Waals surface area contributed by atoms with Crippen LogP contribution in [-0.2, 0) is 6.42 Å². The molecular formula is C17H18N2O3. The molecule has 22 heavy (non-hydrogen) atoms. The van der Waals surface area contributed by atoms with E-state index >= 15 is 0 Å². The van der Waals surface area contributed by atoms with Gasteiger partial charge in [0.15, 0.2) is 0 Å². The minimum absolute atomic E-state index is 0.343. The lowest BCUT2D eigenvalue weighted by atomic mass is 10.0. The normalized spacial score (nSPS) is 9.95. The standard InChI is InChI=1S/C17H18N2O3/c1-11-12(7-8-18)5-6-14(19-11)17-15(21-3)9-13(20-2)10-16(17)22-4/h5-6,9-10H,7H2,1-4H3. The largest absolute Gasteiger partial charge is 0.496 e. The summed E-state index contributed by atoms with van der Waals surface area (Å²) >= 11 is 0.